The second-order valence-corrected chi connectivity index (χ2v) is 10.9. The molecule has 1 aliphatic heterocycles. The van der Waals surface area contributed by atoms with Crippen LogP contribution in [0.25, 0.3) is 0 Å². The summed E-state index contributed by atoms with van der Waals surface area (Å²) in [6.07, 6.45) is -7.23. The van der Waals surface area contributed by atoms with Gasteiger partial charge in [-0.2, -0.15) is 0 Å². The lowest BCUT2D eigenvalue weighted by Gasteiger charge is -2.31. The Bertz CT molecular complexity index is 1340. The van der Waals surface area contributed by atoms with Gasteiger partial charge < -0.3 is 25.0 Å². The van der Waals surface area contributed by atoms with Gasteiger partial charge in [0, 0.05) is 24.1 Å². The Balaban J connectivity index is 1.94. The molecule has 3 amide bonds. The molecule has 0 unspecified atom stereocenters. The second kappa shape index (κ2) is 12.5. The first-order chi connectivity index (χ1) is 19.4. The van der Waals surface area contributed by atoms with Crippen LogP contribution in [0.5, 0.6) is 5.75 Å². The molecule has 0 fully saturated rings. The van der Waals surface area contributed by atoms with E-state index in [1.54, 1.807) is 20.8 Å². The van der Waals surface area contributed by atoms with Crippen LogP contribution in [-0.4, -0.2) is 48.0 Å². The highest BCUT2D eigenvalue weighted by Crippen LogP contribution is 2.35. The zero-order valence-electron chi connectivity index (χ0n) is 23.5. The van der Waals surface area contributed by atoms with E-state index in [2.05, 4.69) is 15.4 Å². The van der Waals surface area contributed by atoms with Gasteiger partial charge in [0.1, 0.15) is 29.3 Å². The monoisotopic (exact) mass is 603 g/mol. The fourth-order valence-electron chi connectivity index (χ4n) is 4.51. The van der Waals surface area contributed by atoms with Crippen molar-refractivity contribution in [3.63, 3.8) is 0 Å². The van der Waals surface area contributed by atoms with Crippen LogP contribution in [0.4, 0.5) is 36.8 Å². The predicted molar refractivity (Wildman–Crippen MR) is 139 cm³/mol. The first-order valence-corrected chi connectivity index (χ1v) is 13.0. The van der Waals surface area contributed by atoms with Gasteiger partial charge in [-0.15, -0.1) is 13.2 Å². The molecule has 1 heterocycles. The number of anilines is 1. The van der Waals surface area contributed by atoms with E-state index in [1.807, 2.05) is 0 Å². The maximum absolute atomic E-state index is 14.8. The normalized spacial score (nSPS) is 16.4. The summed E-state index contributed by atoms with van der Waals surface area (Å²) >= 11 is 0. The molecule has 2 atom stereocenters. The van der Waals surface area contributed by atoms with E-state index in [-0.39, 0.29) is 24.0 Å². The Labute approximate surface area is 238 Å². The maximum Gasteiger partial charge on any atom is 0.573 e. The highest BCUT2D eigenvalue weighted by Gasteiger charge is 2.38. The number of alkyl halides is 3. The molecule has 0 bridgehead atoms. The Hall–Kier alpha value is -3.97. The number of fused-ring (bicyclic) bond motifs is 1. The van der Waals surface area contributed by atoms with E-state index >= 15 is 0 Å². The number of nitrogens with zero attached hydrogens (tertiary/aromatic N) is 1. The van der Waals surface area contributed by atoms with Crippen LogP contribution >= 0.6 is 0 Å². The van der Waals surface area contributed by atoms with Gasteiger partial charge in [0.25, 0.3) is 0 Å². The summed E-state index contributed by atoms with van der Waals surface area (Å²) in [6.45, 7) is 7.68. The molecule has 2 N–H and O–H groups in total. The van der Waals surface area contributed by atoms with E-state index in [0.717, 1.165) is 11.0 Å². The molecule has 230 valence electrons. The molecule has 0 aliphatic carbocycles. The third-order valence-corrected chi connectivity index (χ3v) is 6.16. The molecule has 14 heteroatoms. The molecular formula is C28H31F6N3O5. The molecule has 0 spiro atoms. The van der Waals surface area contributed by atoms with Gasteiger partial charge >= 0.3 is 12.5 Å². The highest BCUT2D eigenvalue weighted by atomic mass is 19.4. The third kappa shape index (κ3) is 8.07. The van der Waals surface area contributed by atoms with Crippen LogP contribution in [-0.2, 0) is 27.2 Å². The van der Waals surface area contributed by atoms with Crippen LogP contribution in [0.15, 0.2) is 30.3 Å². The van der Waals surface area contributed by atoms with Crippen molar-refractivity contribution >= 4 is 23.6 Å². The molecule has 8 nitrogen and oxygen atoms in total. The van der Waals surface area contributed by atoms with Gasteiger partial charge in [-0.3, -0.25) is 9.59 Å². The number of amides is 3. The maximum atomic E-state index is 14.8. The molecule has 0 saturated heterocycles. The number of benzene rings is 2. The SMILES string of the molecule is CC(C)N1C(=O)[C@H](NC(=O)[C@@H](Cc2ccccc2OC(F)(F)F)NC(=O)OC(C)(C)C)CCc2c(F)c(F)cc(F)c21. The summed E-state index contributed by atoms with van der Waals surface area (Å²) < 4.78 is 91.7. The van der Waals surface area contributed by atoms with E-state index in [4.69, 9.17) is 4.74 Å². The number of hydrogen-bond donors (Lipinski definition) is 2. The van der Waals surface area contributed by atoms with Gasteiger partial charge in [-0.25, -0.2) is 18.0 Å². The van der Waals surface area contributed by atoms with Crippen molar-refractivity contribution in [3.8, 4) is 5.75 Å². The lowest BCUT2D eigenvalue weighted by atomic mass is 10.0. The standard InChI is InChI=1S/C28H31F6N3O5/c1-14(2)37-23-16(22(31)17(29)13-18(23)30)10-11-19(25(37)39)35-24(38)20(36-26(40)42-27(3,4)5)12-15-8-6-7-9-21(15)41-28(32,33)34/h6-9,13-14,19-20H,10-12H2,1-5H3,(H,35,38)(H,36,40)/t19-,20-/m1/s1. The number of halogens is 6. The summed E-state index contributed by atoms with van der Waals surface area (Å²) in [5.41, 5.74) is -1.93. The van der Waals surface area contributed by atoms with Gasteiger partial charge in [0.2, 0.25) is 11.8 Å². The average molecular weight is 604 g/mol. The van der Waals surface area contributed by atoms with E-state index < -0.39 is 83.3 Å². The highest BCUT2D eigenvalue weighted by molar-refractivity contribution is 6.01. The molecule has 42 heavy (non-hydrogen) atoms. The fraction of sp³-hybridized carbons (Fsp3) is 0.464. The van der Waals surface area contributed by atoms with E-state index in [0.29, 0.717) is 6.07 Å². The largest absolute Gasteiger partial charge is 0.573 e. The quantitative estimate of drug-likeness (QED) is 0.330. The summed E-state index contributed by atoms with van der Waals surface area (Å²) in [7, 11) is 0. The van der Waals surface area contributed by atoms with Gasteiger partial charge in [-0.05, 0) is 59.1 Å². The topological polar surface area (TPSA) is 97.0 Å². The van der Waals surface area contributed by atoms with Crippen molar-refractivity contribution in [2.24, 2.45) is 0 Å². The summed E-state index contributed by atoms with van der Waals surface area (Å²) in [6, 6.07) is 1.59. The molecule has 0 saturated carbocycles. The van der Waals surface area contributed by atoms with Crippen LogP contribution in [0.3, 0.4) is 0 Å². The van der Waals surface area contributed by atoms with Crippen molar-refractivity contribution in [2.75, 3.05) is 4.90 Å². The van der Waals surface area contributed by atoms with Crippen LogP contribution < -0.4 is 20.3 Å². The number of alkyl carbamates (subject to hydrolysis) is 1. The third-order valence-electron chi connectivity index (χ3n) is 6.16. The number of nitrogens with one attached hydrogen (secondary N) is 2. The zero-order chi connectivity index (χ0) is 31.6. The number of ether oxygens (including phenoxy) is 2. The van der Waals surface area contributed by atoms with E-state index in [9.17, 15) is 40.7 Å². The minimum absolute atomic E-state index is 0.103. The molecular weight excluding hydrogens is 572 g/mol. The average Bonchev–Trinajstić information content (AvgIpc) is 2.98. The van der Waals surface area contributed by atoms with Gasteiger partial charge in [0.15, 0.2) is 11.6 Å². The Kier molecular flexibility index (Phi) is 9.68. The van der Waals surface area contributed by atoms with Crippen LogP contribution in [0, 0.1) is 17.5 Å². The summed E-state index contributed by atoms with van der Waals surface area (Å²) in [4.78, 5) is 40.5. The number of carbonyl (C=O) groups is 3. The van der Waals surface area contributed by atoms with Crippen LogP contribution in [0.1, 0.15) is 52.2 Å². The first kappa shape index (κ1) is 32.5. The minimum Gasteiger partial charge on any atom is -0.444 e. The molecule has 2 aromatic carbocycles. The van der Waals surface area contributed by atoms with Gasteiger partial charge in [-0.1, -0.05) is 18.2 Å². The molecule has 1 aliphatic rings. The number of carbonyl (C=O) groups excluding carboxylic acids is 3. The number of rotatable bonds is 7. The van der Waals surface area contributed by atoms with Gasteiger partial charge in [0.05, 0.1) is 5.69 Å². The summed E-state index contributed by atoms with van der Waals surface area (Å²) in [5.74, 6) is -6.38. The van der Waals surface area contributed by atoms with Crippen molar-refractivity contribution in [2.45, 2.75) is 84.0 Å². The fourth-order valence-corrected chi connectivity index (χ4v) is 4.51. The van der Waals surface area contributed by atoms with Crippen molar-refractivity contribution in [1.29, 1.82) is 0 Å². The number of para-hydroxylation sites is 1. The molecule has 2 aromatic rings. The molecule has 0 radical (unpaired) electrons. The van der Waals surface area contributed by atoms with Crippen molar-refractivity contribution in [1.82, 2.24) is 10.6 Å². The number of hydrogen-bond acceptors (Lipinski definition) is 5. The summed E-state index contributed by atoms with van der Waals surface area (Å²) in [5, 5.41) is 4.74. The Morgan fingerprint density at radius 1 is 1.07 bits per heavy atom. The van der Waals surface area contributed by atoms with Crippen molar-refractivity contribution < 1.29 is 50.2 Å². The first-order valence-electron chi connectivity index (χ1n) is 13.0. The Morgan fingerprint density at radius 2 is 1.71 bits per heavy atom. The molecule has 3 rings (SSSR count). The van der Waals surface area contributed by atoms with Crippen molar-refractivity contribution in [3.05, 3.63) is 58.9 Å². The lowest BCUT2D eigenvalue weighted by Crippen LogP contribution is -2.56. The zero-order valence-corrected chi connectivity index (χ0v) is 23.5. The van der Waals surface area contributed by atoms with E-state index in [1.165, 1.54) is 32.0 Å². The smallest absolute Gasteiger partial charge is 0.444 e. The lowest BCUT2D eigenvalue weighted by molar-refractivity contribution is -0.274. The van der Waals surface area contributed by atoms with Crippen LogP contribution in [0.2, 0.25) is 0 Å². The Morgan fingerprint density at radius 3 is 2.31 bits per heavy atom. The minimum atomic E-state index is -5.04. The molecule has 0 aromatic heterocycles. The second-order valence-electron chi connectivity index (χ2n) is 10.9. The predicted octanol–water partition coefficient (Wildman–Crippen LogP) is 5.31.